The number of nitrogens with one attached hydrogen (secondary N) is 5. The minimum atomic E-state index is -0.963. The molecule has 7 rings (SSSR count). The Hall–Kier alpha value is -1.54. The van der Waals surface area contributed by atoms with Gasteiger partial charge in [0, 0.05) is 25.3 Å². The second kappa shape index (κ2) is 11.4. The third-order valence-corrected chi connectivity index (χ3v) is 11.3. The summed E-state index contributed by atoms with van der Waals surface area (Å²) in [4.78, 5) is 4.55. The van der Waals surface area contributed by atoms with Gasteiger partial charge in [0.2, 0.25) is 0 Å². The van der Waals surface area contributed by atoms with Gasteiger partial charge in [-0.05, 0) is 81.4 Å². The van der Waals surface area contributed by atoms with Gasteiger partial charge in [-0.1, -0.05) is 19.4 Å². The summed E-state index contributed by atoms with van der Waals surface area (Å²) in [5.74, 6) is 0.712. The minimum absolute atomic E-state index is 0.0156. The zero-order valence-electron chi connectivity index (χ0n) is 25.4. The molecule has 4 heterocycles. The Balaban J connectivity index is 0.891. The molecule has 3 saturated heterocycles. The number of anilines is 2. The normalized spacial score (nSPS) is 40.8. The van der Waals surface area contributed by atoms with E-state index in [1.807, 2.05) is 0 Å². The summed E-state index contributed by atoms with van der Waals surface area (Å²) in [6, 6.07) is 7.79. The van der Waals surface area contributed by atoms with Gasteiger partial charge in [0.1, 0.15) is 24.5 Å². The molecule has 1 aromatic carbocycles. The zero-order valence-corrected chi connectivity index (χ0v) is 25.4. The number of rotatable bonds is 9. The molecule has 0 amide bonds. The Morgan fingerprint density at radius 2 is 1.86 bits per heavy atom. The van der Waals surface area contributed by atoms with E-state index in [4.69, 9.17) is 10.5 Å². The van der Waals surface area contributed by atoms with Crippen LogP contribution in [0.3, 0.4) is 0 Å². The molecule has 4 aliphatic heterocycles. The lowest BCUT2D eigenvalue weighted by Crippen LogP contribution is -2.68. The quantitative estimate of drug-likeness (QED) is 0.211. The van der Waals surface area contributed by atoms with Crippen molar-refractivity contribution < 1.29 is 14.9 Å². The second-order valence-electron chi connectivity index (χ2n) is 14.4. The third kappa shape index (κ3) is 5.24. The van der Waals surface area contributed by atoms with Crippen LogP contribution in [-0.4, -0.2) is 101 Å². The summed E-state index contributed by atoms with van der Waals surface area (Å²) in [6.07, 6.45) is 5.78. The average Bonchev–Trinajstić information content (AvgIpc) is 3.62. The molecule has 11 heteroatoms. The molecule has 0 radical (unpaired) electrons. The third-order valence-electron chi connectivity index (χ3n) is 11.3. The molecule has 0 bridgehead atoms. The number of aliphatic hydroxyl groups is 2. The van der Waals surface area contributed by atoms with Crippen molar-refractivity contribution in [1.82, 2.24) is 25.8 Å². The molecule has 6 aliphatic rings. The maximum Gasteiger partial charge on any atom is 0.142 e. The summed E-state index contributed by atoms with van der Waals surface area (Å²) in [6.45, 7) is 8.61. The van der Waals surface area contributed by atoms with Crippen LogP contribution < -0.4 is 32.3 Å². The monoisotopic (exact) mass is 584 g/mol. The average molecular weight is 585 g/mol. The first-order valence-electron chi connectivity index (χ1n) is 16.4. The van der Waals surface area contributed by atoms with Crippen LogP contribution in [0.5, 0.6) is 0 Å². The minimum Gasteiger partial charge on any atom is -0.387 e. The molecular weight excluding hydrogens is 532 g/mol. The summed E-state index contributed by atoms with van der Waals surface area (Å²) in [7, 11) is 0. The lowest BCUT2D eigenvalue weighted by Gasteiger charge is -2.46. The van der Waals surface area contributed by atoms with E-state index >= 15 is 0 Å². The number of hydrogen-bond acceptors (Lipinski definition) is 11. The largest absolute Gasteiger partial charge is 0.387 e. The molecule has 11 nitrogen and oxygen atoms in total. The van der Waals surface area contributed by atoms with Crippen molar-refractivity contribution >= 4 is 11.4 Å². The van der Waals surface area contributed by atoms with E-state index in [2.05, 4.69) is 75.4 Å². The summed E-state index contributed by atoms with van der Waals surface area (Å²) < 4.78 is 6.39. The first-order valence-corrected chi connectivity index (χ1v) is 16.4. The van der Waals surface area contributed by atoms with Gasteiger partial charge in [0.25, 0.3) is 0 Å². The molecule has 0 aromatic heterocycles. The van der Waals surface area contributed by atoms with Gasteiger partial charge in [-0.15, -0.1) is 0 Å². The van der Waals surface area contributed by atoms with Gasteiger partial charge >= 0.3 is 0 Å². The van der Waals surface area contributed by atoms with Crippen molar-refractivity contribution in [2.45, 2.75) is 132 Å². The number of fused-ring (bicyclic) bond motifs is 2. The molecule has 8 atom stereocenters. The number of nitrogens with two attached hydrogens (primary N) is 1. The van der Waals surface area contributed by atoms with Crippen LogP contribution in [0.25, 0.3) is 0 Å². The van der Waals surface area contributed by atoms with Crippen LogP contribution in [0, 0.1) is 5.92 Å². The van der Waals surface area contributed by atoms with Crippen LogP contribution in [-0.2, 0) is 10.2 Å². The first kappa shape index (κ1) is 29.2. The number of nitrogens with zero attached hydrogens (tertiary/aromatic N) is 2. The molecule has 4 unspecified atom stereocenters. The van der Waals surface area contributed by atoms with Gasteiger partial charge in [-0.25, -0.2) is 4.90 Å². The molecule has 42 heavy (non-hydrogen) atoms. The first-order chi connectivity index (χ1) is 20.2. The fourth-order valence-corrected chi connectivity index (χ4v) is 8.32. The summed E-state index contributed by atoms with van der Waals surface area (Å²) in [5, 5.41) is 39.5. The molecule has 5 fully saturated rings. The topological polar surface area (TPSA) is 142 Å². The fourth-order valence-electron chi connectivity index (χ4n) is 8.32. The van der Waals surface area contributed by atoms with E-state index in [-0.39, 0.29) is 18.4 Å². The molecule has 9 N–H and O–H groups in total. The number of aliphatic hydroxyl groups excluding tert-OH is 2. The van der Waals surface area contributed by atoms with Crippen LogP contribution in [0.15, 0.2) is 18.2 Å². The fraction of sp³-hybridized carbons (Fsp3) is 0.806. The molecule has 2 saturated carbocycles. The molecule has 0 spiro atoms. The Morgan fingerprint density at radius 1 is 1.07 bits per heavy atom. The van der Waals surface area contributed by atoms with Crippen molar-refractivity contribution in [3.8, 4) is 0 Å². The summed E-state index contributed by atoms with van der Waals surface area (Å²) in [5.41, 5.74) is 10.6. The predicted octanol–water partition coefficient (Wildman–Crippen LogP) is 1.00. The molecule has 2 aliphatic carbocycles. The predicted molar refractivity (Wildman–Crippen MR) is 163 cm³/mol. The van der Waals surface area contributed by atoms with E-state index in [9.17, 15) is 10.2 Å². The van der Waals surface area contributed by atoms with Gasteiger partial charge < -0.3 is 31.3 Å². The van der Waals surface area contributed by atoms with Gasteiger partial charge in [0.15, 0.2) is 0 Å². The lowest BCUT2D eigenvalue weighted by atomic mass is 9.66. The Kier molecular flexibility index (Phi) is 7.94. The number of ether oxygens (including phenoxy) is 1. The Labute approximate surface area is 250 Å². The highest BCUT2D eigenvalue weighted by Crippen LogP contribution is 2.46. The lowest BCUT2D eigenvalue weighted by molar-refractivity contribution is -0.112. The molecular formula is C31H52N8O3. The van der Waals surface area contributed by atoms with Crippen LogP contribution in [0.1, 0.15) is 71.3 Å². The SMILES string of the molecule is CC(C)N(C[C@H]1O[C@@H](N2CNC3C(N)NCNC32)[C@H](O)[C@@H]1O)C1CC(CCC2Nc3ccc(C4(C)CCC4)cc3N2)C1. The van der Waals surface area contributed by atoms with E-state index in [0.29, 0.717) is 49.5 Å². The Morgan fingerprint density at radius 3 is 2.60 bits per heavy atom. The van der Waals surface area contributed by atoms with Gasteiger partial charge in [-0.2, -0.15) is 0 Å². The maximum atomic E-state index is 11.0. The zero-order chi connectivity index (χ0) is 29.2. The van der Waals surface area contributed by atoms with Gasteiger partial charge in [-0.3, -0.25) is 20.9 Å². The van der Waals surface area contributed by atoms with Crippen LogP contribution >= 0.6 is 0 Å². The highest BCUT2D eigenvalue weighted by molar-refractivity contribution is 5.75. The smallest absolute Gasteiger partial charge is 0.142 e. The van der Waals surface area contributed by atoms with E-state index in [1.165, 1.54) is 55.5 Å². The van der Waals surface area contributed by atoms with E-state index in [0.717, 1.165) is 6.42 Å². The number of hydrogen-bond donors (Lipinski definition) is 8. The van der Waals surface area contributed by atoms with Crippen LogP contribution in [0.2, 0.25) is 0 Å². The van der Waals surface area contributed by atoms with Crippen molar-refractivity contribution in [2.24, 2.45) is 11.7 Å². The highest BCUT2D eigenvalue weighted by atomic mass is 16.6. The van der Waals surface area contributed by atoms with Crippen molar-refractivity contribution in [3.05, 3.63) is 23.8 Å². The van der Waals surface area contributed by atoms with Crippen LogP contribution in [0.4, 0.5) is 11.4 Å². The Bertz CT molecular complexity index is 1110. The highest BCUT2D eigenvalue weighted by Gasteiger charge is 2.52. The standard InChI is InChI=1S/C31H52N8O3/c1-17(2)38(14-23-26(40)27(41)30(42-23)39-16-35-25-28(32)33-15-34-29(25)39)20-11-18(12-20)5-8-24-36-21-7-6-19(13-22(21)37-24)31(3)9-4-10-31/h6-7,13,17-18,20,23-30,33-37,40-41H,4-5,8-12,14-16,32H2,1-3H3/t18?,20?,23-,24?,25?,26-,27-,28?,29?,30-/m1/s1. The van der Waals surface area contributed by atoms with Crippen molar-refractivity contribution in [3.63, 3.8) is 0 Å². The maximum absolute atomic E-state index is 11.0. The number of benzene rings is 1. The second-order valence-corrected chi connectivity index (χ2v) is 14.4. The summed E-state index contributed by atoms with van der Waals surface area (Å²) >= 11 is 0. The van der Waals surface area contributed by atoms with Crippen molar-refractivity contribution in [1.29, 1.82) is 0 Å². The molecule has 1 aromatic rings. The van der Waals surface area contributed by atoms with Gasteiger partial charge in [0.05, 0.1) is 42.6 Å². The van der Waals surface area contributed by atoms with E-state index < -0.39 is 24.5 Å². The molecule has 234 valence electrons. The van der Waals surface area contributed by atoms with E-state index in [1.54, 1.807) is 0 Å². The van der Waals surface area contributed by atoms with Crippen molar-refractivity contribution in [2.75, 3.05) is 30.5 Å².